The van der Waals surface area contributed by atoms with E-state index in [1.807, 2.05) is 0 Å². The van der Waals surface area contributed by atoms with E-state index >= 15 is 0 Å². The molecule has 1 aliphatic carbocycles. The van der Waals surface area contributed by atoms with E-state index in [9.17, 15) is 0 Å². The number of hydrogen-bond acceptors (Lipinski definition) is 2. The number of hydrogen-bond donors (Lipinski definition) is 0. The Bertz CT molecular complexity index is 555. The topological polar surface area (TPSA) is 6.48 Å². The summed E-state index contributed by atoms with van der Waals surface area (Å²) in [5, 5.41) is 0. The molecule has 2 aliphatic rings. The van der Waals surface area contributed by atoms with Crippen LogP contribution in [-0.4, -0.2) is 21.9 Å². The maximum absolute atomic E-state index is 3.70. The molecule has 1 saturated carbocycles. The zero-order chi connectivity index (χ0) is 15.5. The summed E-state index contributed by atoms with van der Waals surface area (Å²) in [5.74, 6) is 0. The molecule has 2 fully saturated rings. The first kappa shape index (κ1) is 14.9. The summed E-state index contributed by atoms with van der Waals surface area (Å²) >= 11 is 0. The zero-order valence-electron chi connectivity index (χ0n) is 13.6. The van der Waals surface area contributed by atoms with Crippen LogP contribution in [0.2, 0.25) is 0 Å². The molecule has 2 aromatic carbocycles. The van der Waals surface area contributed by atoms with Crippen molar-refractivity contribution in [3.8, 4) is 0 Å². The molecule has 1 heterocycles. The second kappa shape index (κ2) is 6.86. The molecule has 1 saturated heterocycles. The third-order valence-corrected chi connectivity index (χ3v) is 5.14. The van der Waals surface area contributed by atoms with Crippen molar-refractivity contribution in [1.82, 2.24) is 9.80 Å². The molecule has 23 heavy (non-hydrogen) atoms. The molecular formula is C21H24N2. The highest BCUT2D eigenvalue weighted by Crippen LogP contribution is 2.36. The summed E-state index contributed by atoms with van der Waals surface area (Å²) in [4.78, 5) is 4.92. The van der Waals surface area contributed by atoms with Crippen LogP contribution in [0.5, 0.6) is 0 Å². The van der Waals surface area contributed by atoms with E-state index < -0.39 is 0 Å². The molecule has 0 N–H and O–H groups in total. The van der Waals surface area contributed by atoms with E-state index in [1.165, 1.54) is 36.8 Å². The normalized spacial score (nSPS) is 25.4. The highest BCUT2D eigenvalue weighted by molar-refractivity contribution is 5.18. The molecule has 1 aliphatic heterocycles. The Hall–Kier alpha value is -1.64. The lowest BCUT2D eigenvalue weighted by Gasteiger charge is -2.32. The highest BCUT2D eigenvalue weighted by atomic mass is 15.4. The predicted molar refractivity (Wildman–Crippen MR) is 93.3 cm³/mol. The standard InChI is InChI=1S/C21H24N2/c1-3-9-18(10-4-1)15-22-17-23(16-19-11-5-2-6-12-19)21-14-8-7-13-20(21)22/h1-6,9-12,20-21H,7-8,13-16H2/t20-,21-/m1/s1. The maximum Gasteiger partial charge on any atom is 0.147 e. The average Bonchev–Trinajstić information content (AvgIpc) is 2.95. The number of rotatable bonds is 4. The van der Waals surface area contributed by atoms with Gasteiger partial charge in [-0.05, 0) is 24.0 Å². The summed E-state index contributed by atoms with van der Waals surface area (Å²) in [6, 6.07) is 22.9. The summed E-state index contributed by atoms with van der Waals surface area (Å²) in [5.41, 5.74) is 2.76. The lowest BCUT2D eigenvalue weighted by molar-refractivity contribution is 0.197. The van der Waals surface area contributed by atoms with Gasteiger partial charge in [0.2, 0.25) is 0 Å². The molecule has 118 valence electrons. The molecule has 0 bridgehead atoms. The van der Waals surface area contributed by atoms with E-state index in [0.29, 0.717) is 12.1 Å². The van der Waals surface area contributed by atoms with Gasteiger partial charge in [-0.3, -0.25) is 9.80 Å². The van der Waals surface area contributed by atoms with E-state index in [4.69, 9.17) is 0 Å². The molecular weight excluding hydrogens is 280 g/mol. The van der Waals surface area contributed by atoms with Crippen LogP contribution in [0.25, 0.3) is 0 Å². The molecule has 2 radical (unpaired) electrons. The number of benzene rings is 2. The van der Waals surface area contributed by atoms with Crippen LogP contribution >= 0.6 is 0 Å². The van der Waals surface area contributed by atoms with Crippen molar-refractivity contribution in [3.05, 3.63) is 78.5 Å². The summed E-state index contributed by atoms with van der Waals surface area (Å²) in [6.45, 7) is 5.66. The van der Waals surface area contributed by atoms with Crippen molar-refractivity contribution < 1.29 is 0 Å². The first-order chi connectivity index (χ1) is 11.4. The minimum Gasteiger partial charge on any atom is -0.271 e. The Morgan fingerprint density at radius 2 is 1.13 bits per heavy atom. The van der Waals surface area contributed by atoms with Crippen LogP contribution in [0.3, 0.4) is 0 Å². The molecule has 2 aromatic rings. The minimum absolute atomic E-state index is 0.632. The average molecular weight is 304 g/mol. The summed E-state index contributed by atoms with van der Waals surface area (Å²) in [7, 11) is 0. The molecule has 0 amide bonds. The second-order valence-corrected chi connectivity index (χ2v) is 6.75. The first-order valence-corrected chi connectivity index (χ1v) is 8.77. The van der Waals surface area contributed by atoms with Crippen molar-refractivity contribution >= 4 is 0 Å². The quantitative estimate of drug-likeness (QED) is 0.830. The van der Waals surface area contributed by atoms with Gasteiger partial charge in [-0.1, -0.05) is 73.5 Å². The fraction of sp³-hybridized carbons (Fsp3) is 0.381. The largest absolute Gasteiger partial charge is 0.271 e. The molecule has 2 atom stereocenters. The molecule has 0 aromatic heterocycles. The van der Waals surface area contributed by atoms with Gasteiger partial charge < -0.3 is 0 Å². The monoisotopic (exact) mass is 304 g/mol. The third kappa shape index (κ3) is 3.34. The smallest absolute Gasteiger partial charge is 0.147 e. The van der Waals surface area contributed by atoms with Crippen molar-refractivity contribution in [2.24, 2.45) is 0 Å². The van der Waals surface area contributed by atoms with E-state index in [0.717, 1.165) is 13.1 Å². The van der Waals surface area contributed by atoms with Crippen molar-refractivity contribution in [2.45, 2.75) is 50.9 Å². The van der Waals surface area contributed by atoms with Gasteiger partial charge in [-0.25, -0.2) is 0 Å². The summed E-state index contributed by atoms with van der Waals surface area (Å²) < 4.78 is 0. The third-order valence-electron chi connectivity index (χ3n) is 5.14. The SMILES string of the molecule is [C]1N(Cc2ccccc2)[C@@H]2CCCC[C@H]2N1Cc1ccccc1. The molecule has 0 unspecified atom stereocenters. The van der Waals surface area contributed by atoms with E-state index in [1.54, 1.807) is 0 Å². The molecule has 2 nitrogen and oxygen atoms in total. The van der Waals surface area contributed by atoms with Crippen molar-refractivity contribution in [1.29, 1.82) is 0 Å². The fourth-order valence-corrected chi connectivity index (χ4v) is 4.00. The van der Waals surface area contributed by atoms with Crippen LogP contribution in [0.4, 0.5) is 0 Å². The number of fused-ring (bicyclic) bond motifs is 1. The van der Waals surface area contributed by atoms with Gasteiger partial charge in [0.1, 0.15) is 6.67 Å². The highest BCUT2D eigenvalue weighted by Gasteiger charge is 2.41. The van der Waals surface area contributed by atoms with Gasteiger partial charge in [0, 0.05) is 25.2 Å². The number of nitrogens with zero attached hydrogens (tertiary/aromatic N) is 2. The molecule has 2 heteroatoms. The Balaban J connectivity index is 1.50. The second-order valence-electron chi connectivity index (χ2n) is 6.75. The lowest BCUT2D eigenvalue weighted by atomic mass is 9.90. The molecule has 4 rings (SSSR count). The summed E-state index contributed by atoms with van der Waals surface area (Å²) in [6.07, 6.45) is 5.31. The first-order valence-electron chi connectivity index (χ1n) is 8.77. The van der Waals surface area contributed by atoms with E-state index in [2.05, 4.69) is 77.1 Å². The van der Waals surface area contributed by atoms with Crippen LogP contribution in [0.15, 0.2) is 60.7 Å². The van der Waals surface area contributed by atoms with Gasteiger partial charge in [0.25, 0.3) is 0 Å². The van der Waals surface area contributed by atoms with Crippen molar-refractivity contribution in [2.75, 3.05) is 0 Å². The molecule has 0 spiro atoms. The Kier molecular flexibility index (Phi) is 4.45. The zero-order valence-corrected chi connectivity index (χ0v) is 13.6. The van der Waals surface area contributed by atoms with Gasteiger partial charge in [-0.15, -0.1) is 0 Å². The minimum atomic E-state index is 0.632. The van der Waals surface area contributed by atoms with Gasteiger partial charge in [-0.2, -0.15) is 0 Å². The van der Waals surface area contributed by atoms with Crippen LogP contribution in [0.1, 0.15) is 36.8 Å². The van der Waals surface area contributed by atoms with Gasteiger partial charge >= 0.3 is 0 Å². The van der Waals surface area contributed by atoms with Crippen LogP contribution < -0.4 is 0 Å². The van der Waals surface area contributed by atoms with Gasteiger partial charge in [0.15, 0.2) is 0 Å². The lowest BCUT2D eigenvalue weighted by Crippen LogP contribution is -2.39. The van der Waals surface area contributed by atoms with Crippen LogP contribution in [0, 0.1) is 6.67 Å². The van der Waals surface area contributed by atoms with E-state index in [-0.39, 0.29) is 0 Å². The van der Waals surface area contributed by atoms with Crippen LogP contribution in [-0.2, 0) is 13.1 Å². The maximum atomic E-state index is 3.70. The Labute approximate surface area is 139 Å². The van der Waals surface area contributed by atoms with Gasteiger partial charge in [0.05, 0.1) is 0 Å². The fourth-order valence-electron chi connectivity index (χ4n) is 4.00. The van der Waals surface area contributed by atoms with Crippen molar-refractivity contribution in [3.63, 3.8) is 0 Å². The Morgan fingerprint density at radius 1 is 0.696 bits per heavy atom. The predicted octanol–water partition coefficient (Wildman–Crippen LogP) is 4.31. The Morgan fingerprint density at radius 3 is 1.57 bits per heavy atom.